The van der Waals surface area contributed by atoms with E-state index in [0.29, 0.717) is 31.3 Å². The van der Waals surface area contributed by atoms with Gasteiger partial charge in [-0.1, -0.05) is 12.1 Å². The molecule has 1 amide bonds. The zero-order valence-corrected chi connectivity index (χ0v) is 17.9. The van der Waals surface area contributed by atoms with E-state index >= 15 is 0 Å². The minimum atomic E-state index is -0.349. The zero-order chi connectivity index (χ0) is 22.1. The number of carbonyl (C=O) groups excluding carboxylic acids is 1. The van der Waals surface area contributed by atoms with Crippen molar-refractivity contribution in [1.29, 1.82) is 0 Å². The van der Waals surface area contributed by atoms with Gasteiger partial charge in [-0.25, -0.2) is 9.38 Å². The van der Waals surface area contributed by atoms with Gasteiger partial charge in [-0.2, -0.15) is 0 Å². The second kappa shape index (κ2) is 11.3. The second-order valence-corrected chi connectivity index (χ2v) is 7.32. The van der Waals surface area contributed by atoms with Crippen molar-refractivity contribution in [3.05, 3.63) is 59.4 Å². The largest absolute Gasteiger partial charge is 0.488 e. The highest BCUT2D eigenvalue weighted by molar-refractivity contribution is 5.94. The summed E-state index contributed by atoms with van der Waals surface area (Å²) in [6, 6.07) is 11.7. The van der Waals surface area contributed by atoms with Crippen LogP contribution in [0.3, 0.4) is 0 Å². The fourth-order valence-electron chi connectivity index (χ4n) is 3.10. The van der Waals surface area contributed by atoms with E-state index in [2.05, 4.69) is 20.9 Å². The van der Waals surface area contributed by atoms with Gasteiger partial charge < -0.3 is 25.4 Å². The molecule has 8 heteroatoms. The topological polar surface area (TPSA) is 84.0 Å². The Balaban J connectivity index is 1.59. The predicted octanol–water partition coefficient (Wildman–Crippen LogP) is 3.00. The van der Waals surface area contributed by atoms with Crippen molar-refractivity contribution in [2.24, 2.45) is 4.99 Å². The lowest BCUT2D eigenvalue weighted by Gasteiger charge is -2.16. The average Bonchev–Trinajstić information content (AvgIpc) is 3.26. The van der Waals surface area contributed by atoms with E-state index in [1.807, 2.05) is 32.0 Å². The number of hydrogen-bond acceptors (Lipinski definition) is 4. The number of carbonyl (C=O) groups is 1. The molecule has 1 unspecified atom stereocenters. The van der Waals surface area contributed by atoms with Crippen molar-refractivity contribution in [3.63, 3.8) is 0 Å². The number of anilines is 1. The van der Waals surface area contributed by atoms with Crippen LogP contribution < -0.4 is 20.7 Å². The third kappa shape index (κ3) is 7.25. The van der Waals surface area contributed by atoms with Crippen LogP contribution in [0.5, 0.6) is 5.75 Å². The van der Waals surface area contributed by atoms with Crippen LogP contribution in [-0.2, 0) is 16.1 Å². The Hall–Kier alpha value is -3.13. The van der Waals surface area contributed by atoms with Gasteiger partial charge >= 0.3 is 0 Å². The summed E-state index contributed by atoms with van der Waals surface area (Å²) >= 11 is 0. The number of amides is 1. The van der Waals surface area contributed by atoms with Gasteiger partial charge in [0.1, 0.15) is 17.7 Å². The van der Waals surface area contributed by atoms with Gasteiger partial charge in [0.25, 0.3) is 0 Å². The van der Waals surface area contributed by atoms with Gasteiger partial charge in [0, 0.05) is 24.2 Å². The Morgan fingerprint density at radius 1 is 1.23 bits per heavy atom. The Morgan fingerprint density at radius 2 is 2.03 bits per heavy atom. The molecule has 0 radical (unpaired) electrons. The molecular weight excluding hydrogens is 399 g/mol. The first-order valence-corrected chi connectivity index (χ1v) is 10.4. The van der Waals surface area contributed by atoms with Crippen LogP contribution in [-0.4, -0.2) is 44.3 Å². The summed E-state index contributed by atoms with van der Waals surface area (Å²) in [4.78, 5) is 16.8. The van der Waals surface area contributed by atoms with Gasteiger partial charge in [0.05, 0.1) is 26.3 Å². The summed E-state index contributed by atoms with van der Waals surface area (Å²) in [6.07, 6.45) is 0.940. The highest BCUT2D eigenvalue weighted by Crippen LogP contribution is 2.24. The van der Waals surface area contributed by atoms with E-state index in [1.165, 1.54) is 24.3 Å². The molecule has 1 fully saturated rings. The number of nitrogens with zero attached hydrogens (tertiary/aromatic N) is 1. The fourth-order valence-corrected chi connectivity index (χ4v) is 3.10. The van der Waals surface area contributed by atoms with E-state index in [0.717, 1.165) is 29.9 Å². The lowest BCUT2D eigenvalue weighted by Crippen LogP contribution is -2.41. The standard InChI is InChI=1S/C23H29FN4O3/c1-3-25-23(27-14-22(29)28-19-8-6-18(24)7-9-19)26-13-17-5-4-16(2)12-21(17)31-20-10-11-30-15-20/h4-9,12,20H,3,10-11,13-15H2,1-2H3,(H,28,29)(H2,25,26,27). The second-order valence-electron chi connectivity index (χ2n) is 7.32. The number of halogens is 1. The Labute approximate surface area is 182 Å². The minimum Gasteiger partial charge on any atom is -0.488 e. The molecule has 0 aliphatic carbocycles. The summed E-state index contributed by atoms with van der Waals surface area (Å²) in [7, 11) is 0. The highest BCUT2D eigenvalue weighted by atomic mass is 19.1. The molecule has 1 heterocycles. The van der Waals surface area contributed by atoms with Crippen molar-refractivity contribution < 1.29 is 18.7 Å². The first-order valence-electron chi connectivity index (χ1n) is 10.4. The molecule has 1 aliphatic rings. The number of guanidine groups is 1. The van der Waals surface area contributed by atoms with Gasteiger partial charge in [-0.15, -0.1) is 0 Å². The minimum absolute atomic E-state index is 0.0277. The summed E-state index contributed by atoms with van der Waals surface area (Å²) in [6.45, 7) is 6.38. The normalized spacial score (nSPS) is 16.1. The predicted molar refractivity (Wildman–Crippen MR) is 119 cm³/mol. The molecule has 2 aromatic carbocycles. The lowest BCUT2D eigenvalue weighted by atomic mass is 10.1. The van der Waals surface area contributed by atoms with Crippen molar-refractivity contribution in [2.45, 2.75) is 32.9 Å². The van der Waals surface area contributed by atoms with E-state index in [9.17, 15) is 9.18 Å². The van der Waals surface area contributed by atoms with Crippen LogP contribution in [0, 0.1) is 12.7 Å². The van der Waals surface area contributed by atoms with Crippen molar-refractivity contribution in [1.82, 2.24) is 10.6 Å². The molecule has 1 atom stereocenters. The molecule has 1 aliphatic heterocycles. The van der Waals surface area contributed by atoms with Crippen molar-refractivity contribution in [2.75, 3.05) is 31.6 Å². The van der Waals surface area contributed by atoms with E-state index < -0.39 is 0 Å². The summed E-state index contributed by atoms with van der Waals surface area (Å²) in [5, 5.41) is 8.86. The molecule has 3 rings (SSSR count). The first kappa shape index (κ1) is 22.6. The lowest BCUT2D eigenvalue weighted by molar-refractivity contribution is -0.115. The average molecular weight is 429 g/mol. The van der Waals surface area contributed by atoms with E-state index in [-0.39, 0.29) is 24.4 Å². The Bertz CT molecular complexity index is 896. The van der Waals surface area contributed by atoms with E-state index in [4.69, 9.17) is 9.47 Å². The number of ether oxygens (including phenoxy) is 2. The third-order valence-corrected chi connectivity index (χ3v) is 4.70. The van der Waals surface area contributed by atoms with Crippen molar-refractivity contribution in [3.8, 4) is 5.75 Å². The van der Waals surface area contributed by atoms with Crippen LogP contribution in [0.2, 0.25) is 0 Å². The smallest absolute Gasteiger partial charge is 0.243 e. The number of nitrogens with one attached hydrogen (secondary N) is 3. The Kier molecular flexibility index (Phi) is 8.23. The fraction of sp³-hybridized carbons (Fsp3) is 0.391. The SMILES string of the molecule is CCNC(=NCc1ccc(C)cc1OC1CCOC1)NCC(=O)Nc1ccc(F)cc1. The van der Waals surface area contributed by atoms with Gasteiger partial charge in [-0.05, 0) is 49.7 Å². The van der Waals surface area contributed by atoms with Crippen LogP contribution in [0.4, 0.5) is 10.1 Å². The number of rotatable bonds is 8. The molecule has 0 bridgehead atoms. The number of benzene rings is 2. The highest BCUT2D eigenvalue weighted by Gasteiger charge is 2.18. The Morgan fingerprint density at radius 3 is 2.74 bits per heavy atom. The maximum atomic E-state index is 13.0. The van der Waals surface area contributed by atoms with Crippen LogP contribution in [0.15, 0.2) is 47.5 Å². The summed E-state index contributed by atoms with van der Waals surface area (Å²) < 4.78 is 24.5. The number of hydrogen-bond donors (Lipinski definition) is 3. The number of aryl methyl sites for hydroxylation is 1. The van der Waals surface area contributed by atoms with Crippen LogP contribution in [0.1, 0.15) is 24.5 Å². The zero-order valence-electron chi connectivity index (χ0n) is 17.9. The molecule has 0 spiro atoms. The quantitative estimate of drug-likeness (QED) is 0.445. The molecule has 2 aromatic rings. The molecule has 1 saturated heterocycles. The van der Waals surface area contributed by atoms with Gasteiger partial charge in [-0.3, -0.25) is 4.79 Å². The van der Waals surface area contributed by atoms with Crippen LogP contribution in [0.25, 0.3) is 0 Å². The van der Waals surface area contributed by atoms with Gasteiger partial charge in [0.2, 0.25) is 5.91 Å². The molecular formula is C23H29FN4O3. The molecule has 0 aromatic heterocycles. The van der Waals surface area contributed by atoms with Crippen molar-refractivity contribution >= 4 is 17.6 Å². The molecule has 31 heavy (non-hydrogen) atoms. The molecule has 7 nitrogen and oxygen atoms in total. The third-order valence-electron chi connectivity index (χ3n) is 4.70. The first-order chi connectivity index (χ1) is 15.0. The monoisotopic (exact) mass is 428 g/mol. The summed E-state index contributed by atoms with van der Waals surface area (Å²) in [5.74, 6) is 0.729. The maximum Gasteiger partial charge on any atom is 0.243 e. The molecule has 0 saturated carbocycles. The maximum absolute atomic E-state index is 13.0. The van der Waals surface area contributed by atoms with E-state index in [1.54, 1.807) is 0 Å². The van der Waals surface area contributed by atoms with Gasteiger partial charge in [0.15, 0.2) is 5.96 Å². The van der Waals surface area contributed by atoms with Crippen LogP contribution >= 0.6 is 0 Å². The molecule has 3 N–H and O–H groups in total. The number of aliphatic imine (C=N–C) groups is 1. The molecule has 166 valence electrons. The summed E-state index contributed by atoms with van der Waals surface area (Å²) in [5.41, 5.74) is 2.61.